The number of methoxy groups -OCH3 is 1. The SMILES string of the molecule is COCc1cccc(C(=O)OCC(=O)c2cc(C)n(-c3nccs3)c2C)c1. The number of aromatic nitrogens is 2. The van der Waals surface area contributed by atoms with Crippen molar-refractivity contribution in [2.45, 2.75) is 20.5 Å². The predicted molar refractivity (Wildman–Crippen MR) is 103 cm³/mol. The number of thiazole rings is 1. The van der Waals surface area contributed by atoms with Gasteiger partial charge in [0.05, 0.1) is 12.2 Å². The van der Waals surface area contributed by atoms with Gasteiger partial charge in [-0.1, -0.05) is 12.1 Å². The molecule has 2 aromatic heterocycles. The molecule has 0 spiro atoms. The van der Waals surface area contributed by atoms with Crippen molar-refractivity contribution >= 4 is 23.1 Å². The van der Waals surface area contributed by atoms with Gasteiger partial charge in [-0.15, -0.1) is 11.3 Å². The highest BCUT2D eigenvalue weighted by atomic mass is 32.1. The van der Waals surface area contributed by atoms with Crippen LogP contribution in [0.1, 0.15) is 37.7 Å². The molecule has 0 N–H and O–H groups in total. The molecule has 0 saturated carbocycles. The molecular weight excluding hydrogens is 364 g/mol. The van der Waals surface area contributed by atoms with Gasteiger partial charge >= 0.3 is 5.97 Å². The lowest BCUT2D eigenvalue weighted by Gasteiger charge is -2.07. The molecule has 27 heavy (non-hydrogen) atoms. The largest absolute Gasteiger partial charge is 0.454 e. The molecule has 0 fully saturated rings. The Balaban J connectivity index is 1.70. The number of nitrogens with zero attached hydrogens (tertiary/aromatic N) is 2. The van der Waals surface area contributed by atoms with E-state index in [-0.39, 0.29) is 12.4 Å². The third-order valence-corrected chi connectivity index (χ3v) is 4.91. The zero-order valence-electron chi connectivity index (χ0n) is 15.4. The van der Waals surface area contributed by atoms with Gasteiger partial charge in [0.1, 0.15) is 0 Å². The molecule has 0 amide bonds. The Morgan fingerprint density at radius 3 is 2.74 bits per heavy atom. The number of aryl methyl sites for hydroxylation is 1. The van der Waals surface area contributed by atoms with Gasteiger partial charge in [-0.25, -0.2) is 9.78 Å². The third-order valence-electron chi connectivity index (χ3n) is 4.15. The highest BCUT2D eigenvalue weighted by Crippen LogP contribution is 2.22. The van der Waals surface area contributed by atoms with Crippen molar-refractivity contribution in [2.24, 2.45) is 0 Å². The predicted octanol–water partition coefficient (Wildman–Crippen LogP) is 3.74. The number of Topliss-reactive ketones (excluding diaryl/α,β-unsaturated/α-hetero) is 1. The van der Waals surface area contributed by atoms with E-state index in [9.17, 15) is 9.59 Å². The summed E-state index contributed by atoms with van der Waals surface area (Å²) in [6.45, 7) is 3.87. The molecule has 0 aliphatic rings. The minimum atomic E-state index is -0.532. The normalized spacial score (nSPS) is 10.8. The fraction of sp³-hybridized carbons (Fsp3) is 0.250. The van der Waals surface area contributed by atoms with E-state index in [0.29, 0.717) is 17.7 Å². The lowest BCUT2D eigenvalue weighted by atomic mass is 10.1. The van der Waals surface area contributed by atoms with Crippen molar-refractivity contribution in [1.29, 1.82) is 0 Å². The summed E-state index contributed by atoms with van der Waals surface area (Å²) in [6.07, 6.45) is 1.72. The van der Waals surface area contributed by atoms with Gasteiger partial charge in [-0.3, -0.25) is 9.36 Å². The van der Waals surface area contributed by atoms with Crippen molar-refractivity contribution in [2.75, 3.05) is 13.7 Å². The summed E-state index contributed by atoms with van der Waals surface area (Å²) >= 11 is 1.50. The number of benzene rings is 1. The Morgan fingerprint density at radius 2 is 2.04 bits per heavy atom. The molecule has 0 bridgehead atoms. The van der Waals surface area contributed by atoms with E-state index in [2.05, 4.69) is 4.98 Å². The summed E-state index contributed by atoms with van der Waals surface area (Å²) < 4.78 is 12.2. The molecule has 3 rings (SSSR count). The van der Waals surface area contributed by atoms with Crippen LogP contribution in [0.4, 0.5) is 0 Å². The smallest absolute Gasteiger partial charge is 0.338 e. The van der Waals surface area contributed by atoms with Crippen LogP contribution in [0.2, 0.25) is 0 Å². The van der Waals surface area contributed by atoms with Gasteiger partial charge < -0.3 is 9.47 Å². The Hall–Kier alpha value is -2.77. The van der Waals surface area contributed by atoms with Crippen molar-refractivity contribution in [3.05, 3.63) is 70.0 Å². The van der Waals surface area contributed by atoms with Crippen molar-refractivity contribution in [3.8, 4) is 5.13 Å². The molecule has 6 nitrogen and oxygen atoms in total. The Labute approximate surface area is 161 Å². The highest BCUT2D eigenvalue weighted by molar-refractivity contribution is 7.12. The first-order valence-electron chi connectivity index (χ1n) is 8.38. The zero-order chi connectivity index (χ0) is 19.4. The standard InChI is InChI=1S/C20H20N2O4S/c1-13-9-17(14(2)22(13)20-21-7-8-27-20)18(23)12-26-19(24)16-6-4-5-15(10-16)11-25-3/h4-10H,11-12H2,1-3H3. The molecule has 140 valence electrons. The van der Waals surface area contributed by atoms with E-state index in [1.54, 1.807) is 37.6 Å². The van der Waals surface area contributed by atoms with Crippen LogP contribution in [0.5, 0.6) is 0 Å². The Morgan fingerprint density at radius 1 is 1.22 bits per heavy atom. The first-order valence-corrected chi connectivity index (χ1v) is 9.26. The Bertz CT molecular complexity index is 961. The molecule has 0 radical (unpaired) electrons. The molecule has 0 aliphatic carbocycles. The number of carbonyl (C=O) groups excluding carboxylic acids is 2. The summed E-state index contributed by atoms with van der Waals surface area (Å²) in [5, 5.41) is 2.69. The highest BCUT2D eigenvalue weighted by Gasteiger charge is 2.19. The van der Waals surface area contributed by atoms with Gasteiger partial charge in [0, 0.05) is 35.6 Å². The van der Waals surface area contributed by atoms with Crippen LogP contribution in [0.3, 0.4) is 0 Å². The van der Waals surface area contributed by atoms with E-state index >= 15 is 0 Å². The van der Waals surface area contributed by atoms with Crippen LogP contribution in [-0.2, 0) is 16.1 Å². The lowest BCUT2D eigenvalue weighted by Crippen LogP contribution is -2.15. The van der Waals surface area contributed by atoms with Crippen LogP contribution >= 0.6 is 11.3 Å². The maximum Gasteiger partial charge on any atom is 0.338 e. The monoisotopic (exact) mass is 384 g/mol. The number of hydrogen-bond donors (Lipinski definition) is 0. The summed E-state index contributed by atoms with van der Waals surface area (Å²) in [6, 6.07) is 8.77. The average Bonchev–Trinajstić information content (AvgIpc) is 3.27. The number of ether oxygens (including phenoxy) is 2. The summed E-state index contributed by atoms with van der Waals surface area (Å²) in [4.78, 5) is 29.1. The van der Waals surface area contributed by atoms with Crippen LogP contribution in [-0.4, -0.2) is 35.0 Å². The van der Waals surface area contributed by atoms with Crippen LogP contribution in [0.25, 0.3) is 5.13 Å². The van der Waals surface area contributed by atoms with Gasteiger partial charge in [-0.2, -0.15) is 0 Å². The maximum absolute atomic E-state index is 12.6. The summed E-state index contributed by atoms with van der Waals surface area (Å²) in [5.74, 6) is -0.776. The number of carbonyl (C=O) groups is 2. The van der Waals surface area contributed by atoms with E-state index in [1.165, 1.54) is 11.3 Å². The van der Waals surface area contributed by atoms with Crippen molar-refractivity contribution in [3.63, 3.8) is 0 Å². The second-order valence-electron chi connectivity index (χ2n) is 6.07. The van der Waals surface area contributed by atoms with E-state index in [0.717, 1.165) is 22.1 Å². The van der Waals surface area contributed by atoms with Gasteiger partial charge in [0.2, 0.25) is 5.78 Å². The Kier molecular flexibility index (Phi) is 5.83. The van der Waals surface area contributed by atoms with Crippen molar-refractivity contribution in [1.82, 2.24) is 9.55 Å². The number of ketones is 1. The van der Waals surface area contributed by atoms with Crippen LogP contribution in [0.15, 0.2) is 41.9 Å². The molecule has 0 aliphatic heterocycles. The summed E-state index contributed by atoms with van der Waals surface area (Å²) in [7, 11) is 1.59. The fourth-order valence-electron chi connectivity index (χ4n) is 2.91. The molecular formula is C20H20N2O4S. The van der Waals surface area contributed by atoms with Gasteiger partial charge in [-0.05, 0) is 37.6 Å². The van der Waals surface area contributed by atoms with Crippen LogP contribution in [0, 0.1) is 13.8 Å². The first-order chi connectivity index (χ1) is 13.0. The van der Waals surface area contributed by atoms with Gasteiger partial charge in [0.25, 0.3) is 0 Å². The molecule has 7 heteroatoms. The van der Waals surface area contributed by atoms with Crippen molar-refractivity contribution < 1.29 is 19.1 Å². The minimum Gasteiger partial charge on any atom is -0.454 e. The first kappa shape index (κ1) is 19.0. The molecule has 2 heterocycles. The third kappa shape index (κ3) is 4.15. The number of esters is 1. The van der Waals surface area contributed by atoms with E-state index in [4.69, 9.17) is 9.47 Å². The zero-order valence-corrected chi connectivity index (χ0v) is 16.2. The van der Waals surface area contributed by atoms with Gasteiger partial charge in [0.15, 0.2) is 11.7 Å². The average molecular weight is 384 g/mol. The summed E-state index contributed by atoms with van der Waals surface area (Å²) in [5.41, 5.74) is 3.48. The molecule has 0 saturated heterocycles. The number of hydrogen-bond acceptors (Lipinski definition) is 6. The van der Waals surface area contributed by atoms with E-state index in [1.807, 2.05) is 29.9 Å². The minimum absolute atomic E-state index is 0.243. The molecule has 1 aromatic carbocycles. The topological polar surface area (TPSA) is 70.4 Å². The molecule has 0 unspecified atom stereocenters. The molecule has 3 aromatic rings. The fourth-order valence-corrected chi connectivity index (χ4v) is 3.66. The second-order valence-corrected chi connectivity index (χ2v) is 6.94. The maximum atomic E-state index is 12.6. The quantitative estimate of drug-likeness (QED) is 0.458. The number of rotatable bonds is 7. The lowest BCUT2D eigenvalue weighted by molar-refractivity contribution is 0.0474. The van der Waals surface area contributed by atoms with E-state index < -0.39 is 5.97 Å². The molecule has 0 atom stereocenters. The second kappa shape index (κ2) is 8.28. The van der Waals surface area contributed by atoms with Crippen LogP contribution < -0.4 is 0 Å².